The van der Waals surface area contributed by atoms with Crippen LogP contribution in [0, 0.1) is 11.7 Å². The first kappa shape index (κ1) is 17.9. The molecule has 0 bridgehead atoms. The monoisotopic (exact) mass is 356 g/mol. The van der Waals surface area contributed by atoms with Crippen molar-refractivity contribution in [3.8, 4) is 5.75 Å². The first-order valence-electron chi connectivity index (χ1n) is 8.62. The summed E-state index contributed by atoms with van der Waals surface area (Å²) in [5, 5.41) is 2.80. The maximum Gasteiger partial charge on any atom is 0.250 e. The topological polar surface area (TPSA) is 81.4 Å². The molecular weight excluding hydrogens is 335 g/mol. The van der Waals surface area contributed by atoms with Crippen molar-refractivity contribution < 1.29 is 18.7 Å². The number of ether oxygens (including phenoxy) is 1. The maximum atomic E-state index is 13.1. The Labute approximate surface area is 151 Å². The zero-order valence-corrected chi connectivity index (χ0v) is 14.5. The number of primary amides is 1. The van der Waals surface area contributed by atoms with E-state index in [-0.39, 0.29) is 29.1 Å². The Balaban J connectivity index is 1.75. The summed E-state index contributed by atoms with van der Waals surface area (Å²) >= 11 is 0. The van der Waals surface area contributed by atoms with Gasteiger partial charge in [0, 0.05) is 5.92 Å². The number of rotatable bonds is 6. The SMILES string of the molecule is CCOc1ccc(NC(=O)C2CCC2c2ccc(F)cc2)c(C(N)=O)c1. The van der Waals surface area contributed by atoms with Crippen LogP contribution in [-0.2, 0) is 4.79 Å². The van der Waals surface area contributed by atoms with Crippen LogP contribution in [0.5, 0.6) is 5.75 Å². The van der Waals surface area contributed by atoms with Crippen molar-refractivity contribution in [1.82, 2.24) is 0 Å². The molecule has 1 saturated carbocycles. The molecule has 0 aromatic heterocycles. The van der Waals surface area contributed by atoms with Gasteiger partial charge in [0.2, 0.25) is 5.91 Å². The summed E-state index contributed by atoms with van der Waals surface area (Å²) in [6, 6.07) is 11.1. The van der Waals surface area contributed by atoms with Crippen molar-refractivity contribution in [3.05, 3.63) is 59.4 Å². The van der Waals surface area contributed by atoms with E-state index >= 15 is 0 Å². The largest absolute Gasteiger partial charge is 0.494 e. The number of carbonyl (C=O) groups excluding carboxylic acids is 2. The highest BCUT2D eigenvalue weighted by molar-refractivity contribution is 6.04. The van der Waals surface area contributed by atoms with Gasteiger partial charge in [-0.2, -0.15) is 0 Å². The standard InChI is InChI=1S/C20H21FN2O3/c1-2-26-14-7-10-18(17(11-14)19(22)24)23-20(25)16-9-8-15(16)12-3-5-13(21)6-4-12/h3-7,10-11,15-16H,2,8-9H2,1H3,(H2,22,24)(H,23,25). The number of carbonyl (C=O) groups is 2. The van der Waals surface area contributed by atoms with Crippen LogP contribution in [0.25, 0.3) is 0 Å². The van der Waals surface area contributed by atoms with Crippen molar-refractivity contribution in [2.24, 2.45) is 11.7 Å². The molecule has 1 aliphatic carbocycles. The molecule has 2 aromatic rings. The second-order valence-corrected chi connectivity index (χ2v) is 6.34. The zero-order chi connectivity index (χ0) is 18.7. The number of halogens is 1. The third-order valence-corrected chi connectivity index (χ3v) is 4.73. The predicted octanol–water partition coefficient (Wildman–Crippen LogP) is 3.46. The summed E-state index contributed by atoms with van der Waals surface area (Å²) in [4.78, 5) is 24.4. The molecule has 5 nitrogen and oxygen atoms in total. The minimum Gasteiger partial charge on any atom is -0.494 e. The number of anilines is 1. The number of amides is 2. The molecule has 2 atom stereocenters. The first-order chi connectivity index (χ1) is 12.5. The lowest BCUT2D eigenvalue weighted by Crippen LogP contribution is -2.35. The molecule has 3 rings (SSSR count). The third-order valence-electron chi connectivity index (χ3n) is 4.73. The quantitative estimate of drug-likeness (QED) is 0.832. The van der Waals surface area contributed by atoms with Crippen LogP contribution in [0.15, 0.2) is 42.5 Å². The van der Waals surface area contributed by atoms with E-state index in [4.69, 9.17) is 10.5 Å². The Morgan fingerprint density at radius 2 is 1.92 bits per heavy atom. The molecule has 6 heteroatoms. The molecule has 26 heavy (non-hydrogen) atoms. The predicted molar refractivity (Wildman–Crippen MR) is 96.6 cm³/mol. The van der Waals surface area contributed by atoms with Gasteiger partial charge in [-0.25, -0.2) is 4.39 Å². The van der Waals surface area contributed by atoms with Gasteiger partial charge in [-0.05, 0) is 61.6 Å². The van der Waals surface area contributed by atoms with Gasteiger partial charge >= 0.3 is 0 Å². The van der Waals surface area contributed by atoms with Crippen LogP contribution in [0.1, 0.15) is 41.6 Å². The van der Waals surface area contributed by atoms with Crippen LogP contribution in [0.2, 0.25) is 0 Å². The van der Waals surface area contributed by atoms with Gasteiger partial charge in [-0.1, -0.05) is 12.1 Å². The van der Waals surface area contributed by atoms with Gasteiger partial charge in [0.15, 0.2) is 0 Å². The summed E-state index contributed by atoms with van der Waals surface area (Å²) in [6.45, 7) is 2.30. The van der Waals surface area contributed by atoms with Gasteiger partial charge in [-0.3, -0.25) is 9.59 Å². The van der Waals surface area contributed by atoms with E-state index in [2.05, 4.69) is 5.32 Å². The normalized spacial score (nSPS) is 18.7. The van der Waals surface area contributed by atoms with Gasteiger partial charge in [-0.15, -0.1) is 0 Å². The lowest BCUT2D eigenvalue weighted by molar-refractivity contribution is -0.123. The lowest BCUT2D eigenvalue weighted by atomic mass is 9.69. The van der Waals surface area contributed by atoms with E-state index in [9.17, 15) is 14.0 Å². The third kappa shape index (κ3) is 3.69. The van der Waals surface area contributed by atoms with Crippen molar-refractivity contribution in [3.63, 3.8) is 0 Å². The molecule has 2 amide bonds. The summed E-state index contributed by atoms with van der Waals surface area (Å²) in [5.41, 5.74) is 6.95. The molecule has 0 saturated heterocycles. The number of benzene rings is 2. The number of hydrogen-bond donors (Lipinski definition) is 2. The van der Waals surface area contributed by atoms with E-state index in [1.165, 1.54) is 18.2 Å². The second-order valence-electron chi connectivity index (χ2n) is 6.34. The first-order valence-corrected chi connectivity index (χ1v) is 8.62. The van der Waals surface area contributed by atoms with E-state index in [0.717, 1.165) is 18.4 Å². The summed E-state index contributed by atoms with van der Waals surface area (Å²) in [5.74, 6) is -0.743. The molecule has 0 aliphatic heterocycles. The molecule has 0 radical (unpaired) electrons. The van der Waals surface area contributed by atoms with Crippen LogP contribution in [0.4, 0.5) is 10.1 Å². The molecule has 1 aliphatic rings. The van der Waals surface area contributed by atoms with Crippen molar-refractivity contribution in [1.29, 1.82) is 0 Å². The average Bonchev–Trinajstić information content (AvgIpc) is 2.57. The van der Waals surface area contributed by atoms with Gasteiger partial charge < -0.3 is 15.8 Å². The van der Waals surface area contributed by atoms with Gasteiger partial charge in [0.05, 0.1) is 17.9 Å². The molecule has 1 fully saturated rings. The smallest absolute Gasteiger partial charge is 0.250 e. The second kappa shape index (κ2) is 7.56. The fraction of sp³-hybridized carbons (Fsp3) is 0.300. The Hall–Kier alpha value is -2.89. The Bertz CT molecular complexity index is 820. The molecule has 0 heterocycles. The molecule has 136 valence electrons. The van der Waals surface area contributed by atoms with E-state index in [0.29, 0.717) is 18.0 Å². The highest BCUT2D eigenvalue weighted by Crippen LogP contribution is 2.43. The van der Waals surface area contributed by atoms with E-state index < -0.39 is 5.91 Å². The van der Waals surface area contributed by atoms with Crippen LogP contribution < -0.4 is 15.8 Å². The lowest BCUT2D eigenvalue weighted by Gasteiger charge is -2.36. The van der Waals surface area contributed by atoms with Crippen LogP contribution in [-0.4, -0.2) is 18.4 Å². The summed E-state index contributed by atoms with van der Waals surface area (Å²) in [7, 11) is 0. The number of nitrogens with two attached hydrogens (primary N) is 1. The molecule has 2 unspecified atom stereocenters. The molecular formula is C20H21FN2O3. The Morgan fingerprint density at radius 1 is 1.19 bits per heavy atom. The van der Waals surface area contributed by atoms with Crippen LogP contribution in [0.3, 0.4) is 0 Å². The Kier molecular flexibility index (Phi) is 5.21. The van der Waals surface area contributed by atoms with E-state index in [1.54, 1.807) is 24.3 Å². The highest BCUT2D eigenvalue weighted by atomic mass is 19.1. The fourth-order valence-electron chi connectivity index (χ4n) is 3.24. The van der Waals surface area contributed by atoms with Crippen molar-refractivity contribution in [2.45, 2.75) is 25.7 Å². The number of hydrogen-bond acceptors (Lipinski definition) is 3. The van der Waals surface area contributed by atoms with Crippen molar-refractivity contribution >= 4 is 17.5 Å². The highest BCUT2D eigenvalue weighted by Gasteiger charge is 2.37. The molecule has 0 spiro atoms. The van der Waals surface area contributed by atoms with Gasteiger partial charge in [0.1, 0.15) is 11.6 Å². The van der Waals surface area contributed by atoms with Crippen molar-refractivity contribution in [2.75, 3.05) is 11.9 Å². The summed E-state index contributed by atoms with van der Waals surface area (Å²) in [6.07, 6.45) is 1.62. The fourth-order valence-corrected chi connectivity index (χ4v) is 3.24. The van der Waals surface area contributed by atoms with E-state index in [1.807, 2.05) is 6.92 Å². The number of nitrogens with one attached hydrogen (secondary N) is 1. The molecule has 3 N–H and O–H groups in total. The van der Waals surface area contributed by atoms with Gasteiger partial charge in [0.25, 0.3) is 5.91 Å². The molecule has 2 aromatic carbocycles. The Morgan fingerprint density at radius 3 is 2.50 bits per heavy atom. The maximum absolute atomic E-state index is 13.1. The minimum atomic E-state index is -0.634. The average molecular weight is 356 g/mol. The minimum absolute atomic E-state index is 0.0512. The van der Waals surface area contributed by atoms with Crippen LogP contribution >= 0.6 is 0 Å². The zero-order valence-electron chi connectivity index (χ0n) is 14.5. The summed E-state index contributed by atoms with van der Waals surface area (Å²) < 4.78 is 18.5.